The molecule has 1 aliphatic rings. The molecule has 178 valence electrons. The molecule has 2 aromatic rings. The molecule has 1 N–H and O–H groups in total. The third-order valence-electron chi connectivity index (χ3n) is 5.74. The second-order valence-corrected chi connectivity index (χ2v) is 8.77. The monoisotopic (exact) mass is 568 g/mol. The molecular formula is C23H29IN4O5. The number of nitrogens with one attached hydrogen (secondary N) is 1. The van der Waals surface area contributed by atoms with E-state index in [1.165, 1.54) is 15.6 Å². The highest BCUT2D eigenvalue weighted by molar-refractivity contribution is 14.1. The van der Waals surface area contributed by atoms with E-state index in [1.54, 1.807) is 21.0 Å². The zero-order valence-corrected chi connectivity index (χ0v) is 21.5. The zero-order chi connectivity index (χ0) is 24.2. The first kappa shape index (κ1) is 25.2. The van der Waals surface area contributed by atoms with Gasteiger partial charge in [-0.15, -0.1) is 0 Å². The van der Waals surface area contributed by atoms with Crippen LogP contribution in [0.4, 0.5) is 5.69 Å². The summed E-state index contributed by atoms with van der Waals surface area (Å²) in [7, 11) is 1.61. The molecule has 1 unspecified atom stereocenters. The van der Waals surface area contributed by atoms with Gasteiger partial charge in [0.25, 0.3) is 5.91 Å². The minimum Gasteiger partial charge on any atom is -0.461 e. The number of alkyl halides is 1. The Hall–Kier alpha value is -2.47. The maximum absolute atomic E-state index is 13.8. The number of carbonyl (C=O) groups is 3. The van der Waals surface area contributed by atoms with Crippen LogP contribution in [-0.2, 0) is 25.2 Å². The van der Waals surface area contributed by atoms with Crippen molar-refractivity contribution in [2.75, 3.05) is 31.8 Å². The van der Waals surface area contributed by atoms with Crippen molar-refractivity contribution in [1.82, 2.24) is 15.1 Å². The molecule has 0 spiro atoms. The molecule has 10 heteroatoms. The summed E-state index contributed by atoms with van der Waals surface area (Å²) in [5.41, 5.74) is 1.69. The Balaban J connectivity index is 2.08. The van der Waals surface area contributed by atoms with E-state index in [0.29, 0.717) is 25.3 Å². The molecule has 1 atom stereocenters. The number of fused-ring (bicyclic) bond motifs is 1. The van der Waals surface area contributed by atoms with Crippen LogP contribution in [0.3, 0.4) is 0 Å². The van der Waals surface area contributed by atoms with E-state index in [2.05, 4.69) is 33.0 Å². The minimum absolute atomic E-state index is 0.0441. The fourth-order valence-electron chi connectivity index (χ4n) is 3.93. The number of hydrogen-bond acceptors (Lipinski definition) is 6. The number of hydrogen-bond donors (Lipinski definition) is 1. The van der Waals surface area contributed by atoms with Crippen molar-refractivity contribution < 1.29 is 23.9 Å². The van der Waals surface area contributed by atoms with Gasteiger partial charge in [-0.05, 0) is 44.4 Å². The third kappa shape index (κ3) is 4.91. The van der Waals surface area contributed by atoms with E-state index < -0.39 is 17.4 Å². The molecular weight excluding hydrogens is 539 g/mol. The molecule has 33 heavy (non-hydrogen) atoms. The first-order valence-electron chi connectivity index (χ1n) is 10.8. The molecule has 0 aliphatic carbocycles. The van der Waals surface area contributed by atoms with Crippen molar-refractivity contribution in [3.63, 3.8) is 0 Å². The highest BCUT2D eigenvalue weighted by Crippen LogP contribution is 2.36. The predicted octanol–water partition coefficient (Wildman–Crippen LogP) is 2.88. The molecule has 2 amide bonds. The smallest absolute Gasteiger partial charge is 0.358 e. The molecule has 9 nitrogen and oxygen atoms in total. The quantitative estimate of drug-likeness (QED) is 0.216. The lowest BCUT2D eigenvalue weighted by atomic mass is 9.92. The maximum Gasteiger partial charge on any atom is 0.358 e. The summed E-state index contributed by atoms with van der Waals surface area (Å²) in [6.07, 6.45) is 0.648. The molecule has 2 heterocycles. The fraction of sp³-hybridized carbons (Fsp3) is 0.478. The van der Waals surface area contributed by atoms with Crippen molar-refractivity contribution >= 4 is 46.1 Å². The van der Waals surface area contributed by atoms with Crippen LogP contribution in [0.1, 0.15) is 52.4 Å². The Morgan fingerprint density at radius 3 is 2.76 bits per heavy atom. The number of ether oxygens (including phenoxy) is 2. The maximum atomic E-state index is 13.8. The number of halogens is 1. The van der Waals surface area contributed by atoms with Gasteiger partial charge in [0, 0.05) is 36.4 Å². The first-order valence-corrected chi connectivity index (χ1v) is 12.3. The van der Waals surface area contributed by atoms with Gasteiger partial charge in [-0.1, -0.05) is 34.7 Å². The van der Waals surface area contributed by atoms with Gasteiger partial charge in [-0.3, -0.25) is 19.2 Å². The second-order valence-electron chi connectivity index (χ2n) is 8.00. The predicted molar refractivity (Wildman–Crippen MR) is 132 cm³/mol. The summed E-state index contributed by atoms with van der Waals surface area (Å²) in [4.78, 5) is 41.0. The molecule has 0 saturated carbocycles. The Morgan fingerprint density at radius 1 is 1.33 bits per heavy atom. The van der Waals surface area contributed by atoms with E-state index >= 15 is 0 Å². The average molecular weight is 568 g/mol. The summed E-state index contributed by atoms with van der Waals surface area (Å²) in [6.45, 7) is 6.60. The number of aromatic nitrogens is 2. The van der Waals surface area contributed by atoms with Gasteiger partial charge in [0.2, 0.25) is 5.91 Å². The number of nitrogens with zero attached hydrogens (tertiary/aromatic N) is 3. The number of amides is 2. The van der Waals surface area contributed by atoms with Gasteiger partial charge >= 0.3 is 5.97 Å². The SMILES string of the molecule is CCOC(=O)c1cc2n(n1)CC(C)(C(=O)NCCCOC)N(c1cccc(CI)c1C)C2=O. The summed E-state index contributed by atoms with van der Waals surface area (Å²) in [5.74, 6) is -1.30. The van der Waals surface area contributed by atoms with Crippen LogP contribution in [-0.4, -0.2) is 60.0 Å². The van der Waals surface area contributed by atoms with E-state index in [1.807, 2.05) is 25.1 Å². The number of esters is 1. The summed E-state index contributed by atoms with van der Waals surface area (Å²) in [5, 5.41) is 7.21. The Labute approximate surface area is 206 Å². The highest BCUT2D eigenvalue weighted by Gasteiger charge is 2.49. The van der Waals surface area contributed by atoms with Crippen LogP contribution >= 0.6 is 22.6 Å². The topological polar surface area (TPSA) is 103 Å². The van der Waals surface area contributed by atoms with E-state index in [0.717, 1.165) is 15.6 Å². The number of carbonyl (C=O) groups excluding carboxylic acids is 3. The van der Waals surface area contributed by atoms with Crippen molar-refractivity contribution in [2.45, 2.75) is 43.7 Å². The van der Waals surface area contributed by atoms with Crippen LogP contribution in [0, 0.1) is 6.92 Å². The molecule has 1 aromatic heterocycles. The van der Waals surface area contributed by atoms with Gasteiger partial charge in [0.15, 0.2) is 5.69 Å². The number of benzene rings is 1. The Bertz CT molecular complexity index is 1050. The van der Waals surface area contributed by atoms with E-state index in [-0.39, 0.29) is 30.4 Å². The number of anilines is 1. The first-order chi connectivity index (χ1) is 15.8. The van der Waals surface area contributed by atoms with Gasteiger partial charge in [-0.2, -0.15) is 5.10 Å². The van der Waals surface area contributed by atoms with Crippen molar-refractivity contribution in [3.05, 3.63) is 46.8 Å². The molecule has 0 fully saturated rings. The standard InChI is InChI=1S/C23H29IN4O5/c1-5-33-21(30)17-12-19-20(29)28(18-9-6-8-16(13-24)15(18)2)23(3,14-27(19)26-17)22(31)25-10-7-11-32-4/h6,8-9,12H,5,7,10-11,13-14H2,1-4H3,(H,25,31). The normalized spacial score (nSPS) is 17.6. The van der Waals surface area contributed by atoms with E-state index in [4.69, 9.17) is 9.47 Å². The Morgan fingerprint density at radius 2 is 2.09 bits per heavy atom. The largest absolute Gasteiger partial charge is 0.461 e. The molecule has 0 saturated heterocycles. The average Bonchev–Trinajstić information content (AvgIpc) is 3.22. The summed E-state index contributed by atoms with van der Waals surface area (Å²) >= 11 is 2.28. The molecule has 0 bridgehead atoms. The zero-order valence-electron chi connectivity index (χ0n) is 19.3. The van der Waals surface area contributed by atoms with Crippen molar-refractivity contribution in [3.8, 4) is 0 Å². The highest BCUT2D eigenvalue weighted by atomic mass is 127. The lowest BCUT2D eigenvalue weighted by Crippen LogP contribution is -2.64. The van der Waals surface area contributed by atoms with Crippen LogP contribution in [0.5, 0.6) is 0 Å². The number of rotatable bonds is 9. The minimum atomic E-state index is -1.26. The summed E-state index contributed by atoms with van der Waals surface area (Å²) < 4.78 is 12.3. The Kier molecular flexibility index (Phi) is 8.11. The number of methoxy groups -OCH3 is 1. The van der Waals surface area contributed by atoms with Crippen LogP contribution < -0.4 is 10.2 Å². The van der Waals surface area contributed by atoms with Crippen LogP contribution in [0.25, 0.3) is 0 Å². The van der Waals surface area contributed by atoms with Gasteiger partial charge < -0.3 is 14.8 Å². The van der Waals surface area contributed by atoms with Crippen molar-refractivity contribution in [2.24, 2.45) is 0 Å². The fourth-order valence-corrected chi connectivity index (χ4v) is 4.76. The molecule has 1 aromatic carbocycles. The van der Waals surface area contributed by atoms with Crippen LogP contribution in [0.15, 0.2) is 24.3 Å². The summed E-state index contributed by atoms with van der Waals surface area (Å²) in [6, 6.07) is 7.17. The lowest BCUT2D eigenvalue weighted by molar-refractivity contribution is -0.126. The molecule has 1 aliphatic heterocycles. The lowest BCUT2D eigenvalue weighted by Gasteiger charge is -2.43. The van der Waals surface area contributed by atoms with Gasteiger partial charge in [0.05, 0.1) is 13.2 Å². The van der Waals surface area contributed by atoms with Gasteiger partial charge in [0.1, 0.15) is 11.2 Å². The molecule has 3 rings (SSSR count). The third-order valence-corrected chi connectivity index (χ3v) is 6.56. The van der Waals surface area contributed by atoms with E-state index in [9.17, 15) is 14.4 Å². The van der Waals surface area contributed by atoms with Gasteiger partial charge in [-0.25, -0.2) is 4.79 Å². The second kappa shape index (κ2) is 10.6. The van der Waals surface area contributed by atoms with Crippen LogP contribution in [0.2, 0.25) is 0 Å². The van der Waals surface area contributed by atoms with Crippen molar-refractivity contribution in [1.29, 1.82) is 0 Å². The molecule has 0 radical (unpaired) electrons.